The highest BCUT2D eigenvalue weighted by Crippen LogP contribution is 2.26. The highest BCUT2D eigenvalue weighted by Gasteiger charge is 2.26. The first-order chi connectivity index (χ1) is 12.8. The van der Waals surface area contributed by atoms with Gasteiger partial charge in [0.15, 0.2) is 5.96 Å². The molecule has 1 aromatic carbocycles. The summed E-state index contributed by atoms with van der Waals surface area (Å²) in [4.78, 5) is 7.21. The summed E-state index contributed by atoms with van der Waals surface area (Å²) in [6.07, 6.45) is 6.30. The van der Waals surface area contributed by atoms with E-state index in [2.05, 4.69) is 58.0 Å². The molecule has 0 spiro atoms. The number of guanidine groups is 1. The molecule has 7 heteroatoms. The summed E-state index contributed by atoms with van der Waals surface area (Å²) in [7, 11) is 1.98. The number of aryl methyl sites for hydroxylation is 1. The van der Waals surface area contributed by atoms with Crippen LogP contribution in [0.15, 0.2) is 47.7 Å². The zero-order valence-electron chi connectivity index (χ0n) is 16.3. The van der Waals surface area contributed by atoms with E-state index in [1.165, 1.54) is 11.3 Å². The van der Waals surface area contributed by atoms with E-state index in [0.717, 1.165) is 51.5 Å². The van der Waals surface area contributed by atoms with Crippen LogP contribution in [0.25, 0.3) is 0 Å². The van der Waals surface area contributed by atoms with Crippen LogP contribution in [0.2, 0.25) is 0 Å². The molecular formula is C20H31IN6. The minimum absolute atomic E-state index is 0. The van der Waals surface area contributed by atoms with Crippen LogP contribution in [-0.4, -0.2) is 53.4 Å². The van der Waals surface area contributed by atoms with Crippen molar-refractivity contribution in [1.29, 1.82) is 0 Å². The van der Waals surface area contributed by atoms with Gasteiger partial charge in [-0.25, -0.2) is 0 Å². The summed E-state index contributed by atoms with van der Waals surface area (Å²) in [5.41, 5.74) is 2.50. The fourth-order valence-corrected chi connectivity index (χ4v) is 3.35. The molecule has 2 N–H and O–H groups in total. The lowest BCUT2D eigenvalue weighted by atomic mass is 10.0. The van der Waals surface area contributed by atoms with Gasteiger partial charge in [-0.2, -0.15) is 5.10 Å². The van der Waals surface area contributed by atoms with Crippen molar-refractivity contribution in [1.82, 2.24) is 20.0 Å². The molecule has 1 fully saturated rings. The number of hydrogen-bond donors (Lipinski definition) is 2. The van der Waals surface area contributed by atoms with E-state index in [9.17, 15) is 0 Å². The van der Waals surface area contributed by atoms with Gasteiger partial charge < -0.3 is 15.5 Å². The summed E-state index contributed by atoms with van der Waals surface area (Å²) >= 11 is 0. The molecule has 1 unspecified atom stereocenters. The number of aliphatic imine (C=N–C) groups is 1. The number of benzene rings is 1. The van der Waals surface area contributed by atoms with Gasteiger partial charge in [0.1, 0.15) is 0 Å². The largest absolute Gasteiger partial charge is 0.385 e. The Bertz CT molecular complexity index is 700. The Morgan fingerprint density at radius 3 is 2.81 bits per heavy atom. The molecule has 27 heavy (non-hydrogen) atoms. The van der Waals surface area contributed by atoms with Crippen LogP contribution in [0.4, 0.5) is 5.69 Å². The topological polar surface area (TPSA) is 57.5 Å². The van der Waals surface area contributed by atoms with Crippen LogP contribution in [0.3, 0.4) is 0 Å². The second-order valence-electron chi connectivity index (χ2n) is 6.76. The minimum atomic E-state index is 0. The quantitative estimate of drug-likeness (QED) is 0.275. The number of halogens is 1. The zero-order valence-corrected chi connectivity index (χ0v) is 18.6. The molecule has 0 amide bonds. The molecule has 0 bridgehead atoms. The van der Waals surface area contributed by atoms with Gasteiger partial charge in [-0.05, 0) is 37.5 Å². The van der Waals surface area contributed by atoms with Gasteiger partial charge in [0.2, 0.25) is 0 Å². The monoisotopic (exact) mass is 482 g/mol. The Morgan fingerprint density at radius 1 is 1.30 bits per heavy atom. The number of likely N-dealkylation sites (tertiary alicyclic amines) is 1. The van der Waals surface area contributed by atoms with Gasteiger partial charge in [-0.1, -0.05) is 18.2 Å². The Morgan fingerprint density at radius 2 is 2.11 bits per heavy atom. The molecular weight excluding hydrogens is 451 g/mol. The second kappa shape index (κ2) is 11.2. The highest BCUT2D eigenvalue weighted by molar-refractivity contribution is 14.0. The highest BCUT2D eigenvalue weighted by atomic mass is 127. The maximum Gasteiger partial charge on any atom is 0.193 e. The van der Waals surface area contributed by atoms with Crippen LogP contribution >= 0.6 is 24.0 Å². The maximum absolute atomic E-state index is 4.83. The van der Waals surface area contributed by atoms with Crippen LogP contribution in [0.5, 0.6) is 0 Å². The molecule has 0 radical (unpaired) electrons. The number of aromatic nitrogens is 2. The van der Waals surface area contributed by atoms with Crippen molar-refractivity contribution in [3.63, 3.8) is 0 Å². The van der Waals surface area contributed by atoms with Gasteiger partial charge in [0.25, 0.3) is 0 Å². The number of nitrogens with zero attached hydrogens (tertiary/aromatic N) is 4. The van der Waals surface area contributed by atoms with Crippen LogP contribution in [0.1, 0.15) is 31.2 Å². The lowest BCUT2D eigenvalue weighted by Crippen LogP contribution is -2.40. The molecule has 1 aliphatic heterocycles. The maximum atomic E-state index is 4.83. The molecule has 1 aliphatic rings. The van der Waals surface area contributed by atoms with Gasteiger partial charge in [0, 0.05) is 57.6 Å². The number of nitrogens with one attached hydrogen (secondary N) is 2. The molecule has 1 aromatic heterocycles. The van der Waals surface area contributed by atoms with E-state index < -0.39 is 0 Å². The Labute approximate surface area is 179 Å². The summed E-state index contributed by atoms with van der Waals surface area (Å²) in [5.74, 6) is 1.59. The predicted molar refractivity (Wildman–Crippen MR) is 123 cm³/mol. The van der Waals surface area contributed by atoms with Crippen molar-refractivity contribution >= 4 is 35.6 Å². The van der Waals surface area contributed by atoms with E-state index in [1.807, 2.05) is 24.0 Å². The fourth-order valence-electron chi connectivity index (χ4n) is 3.35. The summed E-state index contributed by atoms with van der Waals surface area (Å²) < 4.78 is 1.89. The van der Waals surface area contributed by atoms with Gasteiger partial charge in [-0.3, -0.25) is 9.67 Å². The van der Waals surface area contributed by atoms with E-state index >= 15 is 0 Å². The average molecular weight is 482 g/mol. The van der Waals surface area contributed by atoms with Crippen LogP contribution < -0.4 is 10.6 Å². The standard InChI is InChI=1S/C20H30N6.HI/c1-3-21-20(23-12-7-11-22-19-8-5-4-6-9-19)26-13-10-17(16-26)18-14-24-25(2)15-18;/h4-6,8-9,14-15,17,22H,3,7,10-13,16H2,1-2H3,(H,21,23);1H. The number of rotatable bonds is 7. The smallest absolute Gasteiger partial charge is 0.193 e. The van der Waals surface area contributed by atoms with Crippen molar-refractivity contribution < 1.29 is 0 Å². The van der Waals surface area contributed by atoms with Crippen molar-refractivity contribution in [3.8, 4) is 0 Å². The van der Waals surface area contributed by atoms with Crippen molar-refractivity contribution in [2.75, 3.05) is 38.0 Å². The fraction of sp³-hybridized carbons (Fsp3) is 0.500. The van der Waals surface area contributed by atoms with Crippen LogP contribution in [0, 0.1) is 0 Å². The zero-order chi connectivity index (χ0) is 18.2. The lowest BCUT2D eigenvalue weighted by Gasteiger charge is -2.21. The molecule has 148 valence electrons. The first-order valence-corrected chi connectivity index (χ1v) is 9.57. The molecule has 1 saturated heterocycles. The Hall–Kier alpha value is -1.77. The Balaban J connectivity index is 0.00000261. The second-order valence-corrected chi connectivity index (χ2v) is 6.76. The summed E-state index contributed by atoms with van der Waals surface area (Å²) in [6, 6.07) is 10.3. The number of anilines is 1. The van der Waals surface area contributed by atoms with Gasteiger partial charge in [0.05, 0.1) is 6.20 Å². The summed E-state index contributed by atoms with van der Waals surface area (Å²) in [5, 5.41) is 11.2. The van der Waals surface area contributed by atoms with Crippen LogP contribution in [-0.2, 0) is 7.05 Å². The average Bonchev–Trinajstić information content (AvgIpc) is 3.30. The first kappa shape index (κ1) is 21.5. The van der Waals surface area contributed by atoms with Gasteiger partial charge in [-0.15, -0.1) is 24.0 Å². The van der Waals surface area contributed by atoms with E-state index in [0.29, 0.717) is 5.92 Å². The predicted octanol–water partition coefficient (Wildman–Crippen LogP) is 3.30. The SMILES string of the molecule is CCNC(=NCCCNc1ccccc1)N1CCC(c2cnn(C)c2)C1.I. The van der Waals surface area contributed by atoms with Crippen molar-refractivity contribution in [2.45, 2.75) is 25.7 Å². The third-order valence-corrected chi connectivity index (χ3v) is 4.72. The molecule has 3 rings (SSSR count). The molecule has 0 saturated carbocycles. The van der Waals surface area contributed by atoms with Crippen molar-refractivity contribution in [3.05, 3.63) is 48.3 Å². The lowest BCUT2D eigenvalue weighted by molar-refractivity contribution is 0.486. The molecule has 6 nitrogen and oxygen atoms in total. The minimum Gasteiger partial charge on any atom is -0.385 e. The normalized spacial score (nSPS) is 16.9. The molecule has 1 atom stereocenters. The number of para-hydroxylation sites is 1. The number of hydrogen-bond acceptors (Lipinski definition) is 3. The first-order valence-electron chi connectivity index (χ1n) is 9.57. The third kappa shape index (κ3) is 6.41. The van der Waals surface area contributed by atoms with E-state index in [1.54, 1.807) is 0 Å². The van der Waals surface area contributed by atoms with E-state index in [4.69, 9.17) is 4.99 Å². The molecule has 2 heterocycles. The van der Waals surface area contributed by atoms with Crippen molar-refractivity contribution in [2.24, 2.45) is 12.0 Å². The molecule has 0 aliphatic carbocycles. The third-order valence-electron chi connectivity index (χ3n) is 4.72. The van der Waals surface area contributed by atoms with E-state index in [-0.39, 0.29) is 24.0 Å². The Kier molecular flexibility index (Phi) is 8.90. The van der Waals surface area contributed by atoms with Gasteiger partial charge >= 0.3 is 0 Å². The summed E-state index contributed by atoms with van der Waals surface area (Å²) in [6.45, 7) is 6.85. The molecule has 2 aromatic rings.